The van der Waals surface area contributed by atoms with Crippen LogP contribution in [0.15, 0.2) is 0 Å². The second kappa shape index (κ2) is 3.83. The van der Waals surface area contributed by atoms with Crippen LogP contribution in [0.2, 0.25) is 0 Å². The maximum absolute atomic E-state index is 12.0. The van der Waals surface area contributed by atoms with E-state index in [0.29, 0.717) is 5.92 Å². The van der Waals surface area contributed by atoms with Gasteiger partial charge in [-0.3, -0.25) is 9.59 Å². The summed E-state index contributed by atoms with van der Waals surface area (Å²) in [6.45, 7) is 4.89. The summed E-state index contributed by atoms with van der Waals surface area (Å²) in [5.41, 5.74) is 0. The van der Waals surface area contributed by atoms with Gasteiger partial charge >= 0.3 is 0 Å². The molecule has 0 saturated carbocycles. The highest BCUT2D eigenvalue weighted by Crippen LogP contribution is 2.23. The first kappa shape index (κ1) is 10.5. The predicted molar refractivity (Wildman–Crippen MR) is 56.1 cm³/mol. The molecule has 2 saturated heterocycles. The van der Waals surface area contributed by atoms with Gasteiger partial charge in [-0.15, -0.1) is 0 Å². The van der Waals surface area contributed by atoms with Crippen molar-refractivity contribution in [3.8, 4) is 0 Å². The van der Waals surface area contributed by atoms with Crippen molar-refractivity contribution < 1.29 is 9.59 Å². The molecule has 2 aliphatic heterocycles. The summed E-state index contributed by atoms with van der Waals surface area (Å²) in [5, 5.41) is 2.84. The topological polar surface area (TPSA) is 49.4 Å². The quantitative estimate of drug-likeness (QED) is 0.722. The van der Waals surface area contributed by atoms with Crippen LogP contribution in [-0.4, -0.2) is 35.3 Å². The van der Waals surface area contributed by atoms with Crippen LogP contribution in [0.5, 0.6) is 0 Å². The van der Waals surface area contributed by atoms with Gasteiger partial charge in [0.05, 0.1) is 0 Å². The second-order valence-corrected chi connectivity index (χ2v) is 4.88. The van der Waals surface area contributed by atoms with E-state index < -0.39 is 0 Å². The Morgan fingerprint density at radius 2 is 2.20 bits per heavy atom. The maximum atomic E-state index is 12.0. The molecule has 0 aromatic rings. The Bertz CT molecular complexity index is 288. The molecule has 2 atom stereocenters. The summed E-state index contributed by atoms with van der Waals surface area (Å²) in [6, 6.07) is -0.465. The molecule has 1 N–H and O–H groups in total. The fourth-order valence-corrected chi connectivity index (χ4v) is 2.46. The molecule has 15 heavy (non-hydrogen) atoms. The molecule has 2 heterocycles. The molecule has 0 bridgehead atoms. The van der Waals surface area contributed by atoms with Crippen molar-refractivity contribution in [2.45, 2.75) is 45.2 Å². The fraction of sp³-hybridized carbons (Fsp3) is 0.818. The lowest BCUT2D eigenvalue weighted by molar-refractivity contribution is -0.147. The van der Waals surface area contributed by atoms with Crippen LogP contribution < -0.4 is 5.32 Å². The molecule has 0 radical (unpaired) electrons. The molecule has 4 heteroatoms. The number of fused-ring (bicyclic) bond motifs is 1. The summed E-state index contributed by atoms with van der Waals surface area (Å²) < 4.78 is 0. The Hall–Kier alpha value is -1.06. The Labute approximate surface area is 90.0 Å². The zero-order valence-electron chi connectivity index (χ0n) is 9.32. The lowest BCUT2D eigenvalue weighted by Crippen LogP contribution is -2.61. The van der Waals surface area contributed by atoms with Crippen molar-refractivity contribution >= 4 is 11.8 Å². The average molecular weight is 210 g/mol. The third kappa shape index (κ3) is 1.85. The van der Waals surface area contributed by atoms with Crippen molar-refractivity contribution in [3.63, 3.8) is 0 Å². The summed E-state index contributed by atoms with van der Waals surface area (Å²) in [7, 11) is 0. The van der Waals surface area contributed by atoms with Gasteiger partial charge < -0.3 is 10.2 Å². The number of nitrogens with one attached hydrogen (secondary N) is 1. The summed E-state index contributed by atoms with van der Waals surface area (Å²) >= 11 is 0. The smallest absolute Gasteiger partial charge is 0.245 e. The van der Waals surface area contributed by atoms with E-state index in [1.807, 2.05) is 0 Å². The minimum atomic E-state index is -0.285. The van der Waals surface area contributed by atoms with Crippen molar-refractivity contribution in [3.05, 3.63) is 0 Å². The number of amides is 2. The molecule has 2 aliphatic rings. The molecule has 4 nitrogen and oxygen atoms in total. The fourth-order valence-electron chi connectivity index (χ4n) is 2.46. The number of hydrogen-bond acceptors (Lipinski definition) is 2. The molecule has 0 aromatic heterocycles. The molecular weight excluding hydrogens is 192 g/mol. The van der Waals surface area contributed by atoms with Gasteiger partial charge in [0.2, 0.25) is 11.8 Å². The number of carbonyl (C=O) groups excluding carboxylic acids is 2. The Morgan fingerprint density at radius 1 is 1.47 bits per heavy atom. The molecule has 0 unspecified atom stereocenters. The van der Waals surface area contributed by atoms with Crippen LogP contribution in [0.25, 0.3) is 0 Å². The minimum Gasteiger partial charge on any atom is -0.342 e. The van der Waals surface area contributed by atoms with Crippen LogP contribution >= 0.6 is 0 Å². The van der Waals surface area contributed by atoms with E-state index in [9.17, 15) is 9.59 Å². The van der Waals surface area contributed by atoms with E-state index >= 15 is 0 Å². The van der Waals surface area contributed by atoms with Gasteiger partial charge in [0.15, 0.2) is 0 Å². The van der Waals surface area contributed by atoms with Crippen LogP contribution in [0.4, 0.5) is 0 Å². The van der Waals surface area contributed by atoms with E-state index in [2.05, 4.69) is 19.2 Å². The molecule has 84 valence electrons. The normalized spacial score (nSPS) is 30.7. The average Bonchev–Trinajstić information content (AvgIpc) is 2.61. The molecule has 0 aliphatic carbocycles. The summed E-state index contributed by atoms with van der Waals surface area (Å²) in [6.07, 6.45) is 2.53. The van der Waals surface area contributed by atoms with E-state index in [-0.39, 0.29) is 23.9 Å². The van der Waals surface area contributed by atoms with Gasteiger partial charge in [-0.2, -0.15) is 0 Å². The third-order valence-electron chi connectivity index (χ3n) is 3.16. The number of piperazine rings is 1. The first-order valence-electron chi connectivity index (χ1n) is 5.70. The maximum Gasteiger partial charge on any atom is 0.245 e. The van der Waals surface area contributed by atoms with Crippen molar-refractivity contribution in [2.24, 2.45) is 5.92 Å². The predicted octanol–water partition coefficient (Wildman–Crippen LogP) is 0.522. The molecule has 0 spiro atoms. The van der Waals surface area contributed by atoms with E-state index in [1.54, 1.807) is 4.90 Å². The molecule has 2 rings (SSSR count). The van der Waals surface area contributed by atoms with Crippen LogP contribution in [-0.2, 0) is 9.59 Å². The lowest BCUT2D eigenvalue weighted by Gasteiger charge is -2.35. The van der Waals surface area contributed by atoms with Gasteiger partial charge in [-0.1, -0.05) is 13.8 Å². The monoisotopic (exact) mass is 210 g/mol. The number of carbonyl (C=O) groups is 2. The zero-order chi connectivity index (χ0) is 11.0. The third-order valence-corrected chi connectivity index (χ3v) is 3.16. The standard InChI is InChI=1S/C11H18N2O2/c1-7(2)6-8-11(15)13-5-3-4-9(13)10(14)12-8/h7-9H,3-6H2,1-2H3,(H,12,14)/t8-,9+/m1/s1. The number of hydrogen-bond donors (Lipinski definition) is 1. The Morgan fingerprint density at radius 3 is 2.87 bits per heavy atom. The number of nitrogens with zero attached hydrogens (tertiary/aromatic N) is 1. The highest BCUT2D eigenvalue weighted by molar-refractivity contribution is 5.97. The van der Waals surface area contributed by atoms with Crippen molar-refractivity contribution in [1.82, 2.24) is 10.2 Å². The van der Waals surface area contributed by atoms with E-state index in [1.165, 1.54) is 0 Å². The second-order valence-electron chi connectivity index (χ2n) is 4.88. The summed E-state index contributed by atoms with van der Waals surface area (Å²) in [4.78, 5) is 25.5. The minimum absolute atomic E-state index is 0.0396. The first-order valence-corrected chi connectivity index (χ1v) is 5.70. The number of rotatable bonds is 2. The van der Waals surface area contributed by atoms with Gasteiger partial charge in [-0.25, -0.2) is 0 Å². The molecular formula is C11H18N2O2. The first-order chi connectivity index (χ1) is 7.09. The van der Waals surface area contributed by atoms with Crippen molar-refractivity contribution in [1.29, 1.82) is 0 Å². The van der Waals surface area contributed by atoms with E-state index in [0.717, 1.165) is 25.8 Å². The zero-order valence-corrected chi connectivity index (χ0v) is 9.32. The Kier molecular flexibility index (Phi) is 2.67. The Balaban J connectivity index is 2.10. The van der Waals surface area contributed by atoms with Gasteiger partial charge in [0, 0.05) is 6.54 Å². The molecule has 0 aromatic carbocycles. The van der Waals surface area contributed by atoms with E-state index in [4.69, 9.17) is 0 Å². The highest BCUT2D eigenvalue weighted by Gasteiger charge is 2.42. The summed E-state index contributed by atoms with van der Waals surface area (Å²) in [5.74, 6) is 0.585. The lowest BCUT2D eigenvalue weighted by atomic mass is 9.99. The van der Waals surface area contributed by atoms with Crippen LogP contribution in [0.3, 0.4) is 0 Å². The van der Waals surface area contributed by atoms with Gasteiger partial charge in [0.1, 0.15) is 12.1 Å². The molecule has 2 fully saturated rings. The highest BCUT2D eigenvalue weighted by atomic mass is 16.2. The van der Waals surface area contributed by atoms with Gasteiger partial charge in [0.25, 0.3) is 0 Å². The van der Waals surface area contributed by atoms with Crippen LogP contribution in [0, 0.1) is 5.92 Å². The van der Waals surface area contributed by atoms with Gasteiger partial charge in [-0.05, 0) is 25.2 Å². The SMILES string of the molecule is CC(C)C[C@H]1NC(=O)[C@@H]2CCCN2C1=O. The molecule has 2 amide bonds. The van der Waals surface area contributed by atoms with Crippen molar-refractivity contribution in [2.75, 3.05) is 6.54 Å². The largest absolute Gasteiger partial charge is 0.342 e. The van der Waals surface area contributed by atoms with Crippen LogP contribution in [0.1, 0.15) is 33.1 Å².